The first-order valence-corrected chi connectivity index (χ1v) is 2.78. The fraction of sp³-hybridized carbons (Fsp3) is 0.167. The maximum absolute atomic E-state index is 9.98. The van der Waals surface area contributed by atoms with Gasteiger partial charge in [-0.15, -0.1) is 0 Å². The van der Waals surface area contributed by atoms with Crippen LogP contribution in [0.3, 0.4) is 0 Å². The van der Waals surface area contributed by atoms with Crippen molar-refractivity contribution in [3.63, 3.8) is 0 Å². The molecule has 0 aliphatic rings. The van der Waals surface area contributed by atoms with Crippen LogP contribution < -0.4 is 0 Å². The summed E-state index contributed by atoms with van der Waals surface area (Å²) in [6.07, 6.45) is 1.36. The van der Waals surface area contributed by atoms with Crippen LogP contribution in [-0.2, 0) is 4.79 Å². The van der Waals surface area contributed by atoms with Gasteiger partial charge in [-0.1, -0.05) is 24.3 Å². The van der Waals surface area contributed by atoms with Gasteiger partial charge in [0.2, 0.25) is 0 Å². The average Bonchev–Trinajstić information content (AvgIpc) is 1.82. The minimum absolute atomic E-state index is 0.0625. The Morgan fingerprint density at radius 3 is 2.44 bits per heavy atom. The molecule has 9 heavy (non-hydrogen) atoms. The number of hydrogen-bond acceptors (Lipinski definition) is 1. The molecule has 0 saturated carbocycles. The molecule has 2 nitrogen and oxygen atoms in total. The second kappa shape index (κ2) is 4.15. The summed E-state index contributed by atoms with van der Waals surface area (Å²) in [6.45, 7) is 3.37. The van der Waals surface area contributed by atoms with Crippen LogP contribution in [0, 0.1) is 0 Å². The van der Waals surface area contributed by atoms with E-state index in [4.69, 9.17) is 16.7 Å². The molecule has 0 aromatic carbocycles. The van der Waals surface area contributed by atoms with Crippen LogP contribution in [0.4, 0.5) is 0 Å². The van der Waals surface area contributed by atoms with Gasteiger partial charge in [-0.05, 0) is 5.57 Å². The van der Waals surface area contributed by atoms with Crippen LogP contribution in [0.2, 0.25) is 0 Å². The van der Waals surface area contributed by atoms with Gasteiger partial charge >= 0.3 is 5.97 Å². The number of carbonyl (C=O) groups is 1. The van der Waals surface area contributed by atoms with E-state index in [1.54, 1.807) is 0 Å². The third-order valence-corrected chi connectivity index (χ3v) is 1.04. The molecule has 0 aromatic heterocycles. The number of hydrogen-bond donors (Lipinski definition) is 1. The van der Waals surface area contributed by atoms with Crippen molar-refractivity contribution in [3.8, 4) is 0 Å². The van der Waals surface area contributed by atoms with Crippen molar-refractivity contribution in [2.75, 3.05) is 0 Å². The Bertz CT molecular complexity index is 149. The number of aliphatic carboxylic acids is 1. The Balaban J connectivity index is 3.86. The lowest BCUT2D eigenvalue weighted by Crippen LogP contribution is -1.94. The molecule has 0 aromatic rings. The molecule has 0 atom stereocenters. The molecule has 0 heterocycles. The fourth-order valence-corrected chi connectivity index (χ4v) is 0.496. The number of carboxylic acids is 1. The summed E-state index contributed by atoms with van der Waals surface area (Å²) in [4.78, 5) is 9.98. The fourth-order valence-electron chi connectivity index (χ4n) is 0.330. The number of allylic oxidation sites excluding steroid dienone is 1. The molecule has 0 fully saturated rings. The highest BCUT2D eigenvalue weighted by Gasteiger charge is 1.97. The maximum atomic E-state index is 9.98. The predicted octanol–water partition coefficient (Wildman–Crippen LogP) is 1.77. The summed E-state index contributed by atoms with van der Waals surface area (Å²) >= 11 is 5.22. The third kappa shape index (κ3) is 3.79. The van der Waals surface area contributed by atoms with Gasteiger partial charge in [0.15, 0.2) is 0 Å². The van der Waals surface area contributed by atoms with E-state index in [-0.39, 0.29) is 6.42 Å². The lowest BCUT2D eigenvalue weighted by atomic mass is 10.2. The van der Waals surface area contributed by atoms with Crippen molar-refractivity contribution < 1.29 is 9.90 Å². The number of rotatable bonds is 3. The minimum Gasteiger partial charge on any atom is -0.481 e. The first kappa shape index (κ1) is 8.24. The van der Waals surface area contributed by atoms with E-state index < -0.39 is 5.97 Å². The van der Waals surface area contributed by atoms with Crippen molar-refractivity contribution in [2.45, 2.75) is 6.42 Å². The minimum atomic E-state index is -0.901. The highest BCUT2D eigenvalue weighted by atomic mass is 35.5. The Kier molecular flexibility index (Phi) is 3.80. The average molecular weight is 147 g/mol. The summed E-state index contributed by atoms with van der Waals surface area (Å²) in [6, 6.07) is 0. The van der Waals surface area contributed by atoms with Crippen LogP contribution >= 0.6 is 11.6 Å². The molecule has 0 aliphatic heterocycles. The van der Waals surface area contributed by atoms with Crippen LogP contribution in [0.15, 0.2) is 23.8 Å². The number of halogens is 1. The zero-order chi connectivity index (χ0) is 7.28. The van der Waals surface area contributed by atoms with Gasteiger partial charge in [0.05, 0.1) is 6.42 Å². The molecule has 0 amide bonds. The van der Waals surface area contributed by atoms with Crippen molar-refractivity contribution in [1.29, 1.82) is 0 Å². The van der Waals surface area contributed by atoms with Gasteiger partial charge < -0.3 is 5.11 Å². The van der Waals surface area contributed by atoms with Crippen LogP contribution in [0.25, 0.3) is 0 Å². The van der Waals surface area contributed by atoms with Crippen molar-refractivity contribution in [2.24, 2.45) is 0 Å². The molecule has 0 aliphatic carbocycles. The van der Waals surface area contributed by atoms with E-state index in [0.717, 1.165) is 0 Å². The van der Waals surface area contributed by atoms with Crippen molar-refractivity contribution in [3.05, 3.63) is 23.8 Å². The van der Waals surface area contributed by atoms with Crippen LogP contribution in [-0.4, -0.2) is 11.1 Å². The van der Waals surface area contributed by atoms with Gasteiger partial charge in [-0.2, -0.15) is 0 Å². The molecular weight excluding hydrogens is 140 g/mol. The quantitative estimate of drug-likeness (QED) is 0.617. The largest absolute Gasteiger partial charge is 0.481 e. The standard InChI is InChI=1S/C6H7ClO2/c1-2-5(4-7)3-6(8)9/h2,4H,1,3H2,(H,8,9). The maximum Gasteiger partial charge on any atom is 0.307 e. The third-order valence-electron chi connectivity index (χ3n) is 0.758. The zero-order valence-electron chi connectivity index (χ0n) is 4.80. The summed E-state index contributed by atoms with van der Waals surface area (Å²) in [5.41, 5.74) is 1.73. The summed E-state index contributed by atoms with van der Waals surface area (Å²) < 4.78 is 0. The molecule has 0 unspecified atom stereocenters. The van der Waals surface area contributed by atoms with Crippen LogP contribution in [0.5, 0.6) is 0 Å². The molecular formula is C6H7ClO2. The topological polar surface area (TPSA) is 37.3 Å². The van der Waals surface area contributed by atoms with E-state index in [1.807, 2.05) is 0 Å². The van der Waals surface area contributed by atoms with Gasteiger partial charge in [0.1, 0.15) is 0 Å². The first-order valence-electron chi connectivity index (χ1n) is 2.34. The van der Waals surface area contributed by atoms with Crippen molar-refractivity contribution in [1.82, 2.24) is 0 Å². The molecule has 3 heteroatoms. The van der Waals surface area contributed by atoms with Crippen molar-refractivity contribution >= 4 is 17.6 Å². The molecule has 1 N–H and O–H groups in total. The SMILES string of the molecule is C=CC(=CCl)CC(=O)O. The van der Waals surface area contributed by atoms with E-state index >= 15 is 0 Å². The monoisotopic (exact) mass is 146 g/mol. The highest BCUT2D eigenvalue weighted by Crippen LogP contribution is 2.02. The first-order chi connectivity index (χ1) is 4.20. The van der Waals surface area contributed by atoms with Gasteiger partial charge in [0, 0.05) is 5.54 Å². The lowest BCUT2D eigenvalue weighted by molar-refractivity contribution is -0.136. The summed E-state index contributed by atoms with van der Waals surface area (Å²) in [5, 5.41) is 8.20. The molecule has 0 radical (unpaired) electrons. The second-order valence-electron chi connectivity index (χ2n) is 1.46. The van der Waals surface area contributed by atoms with Gasteiger partial charge in [0.25, 0.3) is 0 Å². The molecule has 0 rings (SSSR count). The Morgan fingerprint density at radius 2 is 2.33 bits per heavy atom. The van der Waals surface area contributed by atoms with E-state index in [9.17, 15) is 4.79 Å². The zero-order valence-corrected chi connectivity index (χ0v) is 5.56. The number of carboxylic acid groups (broad SMARTS) is 1. The molecule has 0 spiro atoms. The Morgan fingerprint density at radius 1 is 1.78 bits per heavy atom. The van der Waals surface area contributed by atoms with Gasteiger partial charge in [-0.25, -0.2) is 0 Å². The van der Waals surface area contributed by atoms with Crippen LogP contribution in [0.1, 0.15) is 6.42 Å². The second-order valence-corrected chi connectivity index (χ2v) is 1.68. The smallest absolute Gasteiger partial charge is 0.307 e. The predicted molar refractivity (Wildman–Crippen MR) is 36.4 cm³/mol. The molecule has 0 saturated heterocycles. The van der Waals surface area contributed by atoms with E-state index in [0.29, 0.717) is 5.57 Å². The Labute approximate surface area is 58.4 Å². The highest BCUT2D eigenvalue weighted by molar-refractivity contribution is 6.26. The van der Waals surface area contributed by atoms with E-state index in [1.165, 1.54) is 11.6 Å². The van der Waals surface area contributed by atoms with E-state index in [2.05, 4.69) is 6.58 Å². The Hall–Kier alpha value is -0.760. The summed E-state index contributed by atoms with van der Waals surface area (Å²) in [5.74, 6) is -0.901. The lowest BCUT2D eigenvalue weighted by Gasteiger charge is -1.90. The normalized spacial score (nSPS) is 11.0. The molecule has 0 bridgehead atoms. The molecule has 50 valence electrons. The summed E-state index contributed by atoms with van der Waals surface area (Å²) in [7, 11) is 0. The van der Waals surface area contributed by atoms with Gasteiger partial charge in [-0.3, -0.25) is 4.79 Å².